The monoisotopic (exact) mass is 307 g/mol. The van der Waals surface area contributed by atoms with Gasteiger partial charge in [-0.2, -0.15) is 5.10 Å². The van der Waals surface area contributed by atoms with Crippen LogP contribution in [0.3, 0.4) is 0 Å². The van der Waals surface area contributed by atoms with Gasteiger partial charge in [0.15, 0.2) is 0 Å². The number of carbonyl (C=O) groups is 1. The summed E-state index contributed by atoms with van der Waals surface area (Å²) in [6.45, 7) is 1.32. The molecule has 23 heavy (non-hydrogen) atoms. The summed E-state index contributed by atoms with van der Waals surface area (Å²) in [5.41, 5.74) is 2.27. The molecule has 1 amide bonds. The fraction of sp³-hybridized carbons (Fsp3) is 0.368. The number of allylic oxidation sites excluding steroid dienone is 2. The number of hydrogen-bond donors (Lipinski definition) is 1. The first kappa shape index (κ1) is 14.2. The molecular weight excluding hydrogens is 286 g/mol. The molecule has 2 bridgehead atoms. The summed E-state index contributed by atoms with van der Waals surface area (Å²) in [6.07, 6.45) is 10.5. The third-order valence-corrected chi connectivity index (χ3v) is 4.96. The van der Waals surface area contributed by atoms with Crippen LogP contribution < -0.4 is 5.32 Å². The molecule has 3 unspecified atom stereocenters. The highest BCUT2D eigenvalue weighted by Gasteiger charge is 2.39. The zero-order chi connectivity index (χ0) is 15.6. The number of carbonyl (C=O) groups excluding carboxylic acids is 1. The quantitative estimate of drug-likeness (QED) is 0.863. The highest BCUT2D eigenvalue weighted by Crippen LogP contribution is 2.43. The van der Waals surface area contributed by atoms with Gasteiger partial charge in [0.2, 0.25) is 5.91 Å². The molecule has 4 heteroatoms. The SMILES string of the molecule is O=C(NCc1cnn(Cc2ccccc2)c1)C1CC2C=CC1C2. The van der Waals surface area contributed by atoms with Crippen molar-refractivity contribution in [1.29, 1.82) is 0 Å². The van der Waals surface area contributed by atoms with Gasteiger partial charge in [-0.05, 0) is 30.2 Å². The van der Waals surface area contributed by atoms with Crippen LogP contribution in [0.5, 0.6) is 0 Å². The first-order valence-electron chi connectivity index (χ1n) is 8.29. The normalized spacial score (nSPS) is 25.0. The van der Waals surface area contributed by atoms with E-state index in [0.29, 0.717) is 18.4 Å². The minimum atomic E-state index is 0.171. The number of benzene rings is 1. The number of nitrogens with one attached hydrogen (secondary N) is 1. The molecule has 1 aromatic carbocycles. The standard InChI is InChI=1S/C19H21N3O/c23-19(18-9-15-6-7-17(18)8-15)20-10-16-11-21-22(13-16)12-14-4-2-1-3-5-14/h1-7,11,13,15,17-18H,8-10,12H2,(H,20,23). The zero-order valence-electron chi connectivity index (χ0n) is 13.1. The van der Waals surface area contributed by atoms with Gasteiger partial charge in [0.1, 0.15) is 0 Å². The van der Waals surface area contributed by atoms with Crippen LogP contribution in [0.1, 0.15) is 24.0 Å². The maximum absolute atomic E-state index is 12.3. The predicted octanol–water partition coefficient (Wildman–Crippen LogP) is 2.76. The zero-order valence-corrected chi connectivity index (χ0v) is 13.1. The molecule has 2 aliphatic rings. The van der Waals surface area contributed by atoms with Gasteiger partial charge in [-0.1, -0.05) is 42.5 Å². The lowest BCUT2D eigenvalue weighted by Crippen LogP contribution is -2.32. The van der Waals surface area contributed by atoms with Crippen molar-refractivity contribution in [2.45, 2.75) is 25.9 Å². The molecule has 0 aliphatic heterocycles. The second-order valence-corrected chi connectivity index (χ2v) is 6.64. The molecule has 1 N–H and O–H groups in total. The summed E-state index contributed by atoms with van der Waals surface area (Å²) < 4.78 is 1.91. The fourth-order valence-electron chi connectivity index (χ4n) is 3.76. The molecule has 0 saturated heterocycles. The number of rotatable bonds is 5. The highest BCUT2D eigenvalue weighted by atomic mass is 16.1. The van der Waals surface area contributed by atoms with E-state index in [-0.39, 0.29) is 11.8 Å². The Morgan fingerprint density at radius 1 is 1.17 bits per heavy atom. The van der Waals surface area contributed by atoms with E-state index in [1.807, 2.05) is 35.3 Å². The fourth-order valence-corrected chi connectivity index (χ4v) is 3.76. The second kappa shape index (κ2) is 6.03. The molecule has 0 spiro atoms. The van der Waals surface area contributed by atoms with Gasteiger partial charge in [-0.25, -0.2) is 0 Å². The van der Waals surface area contributed by atoms with Gasteiger partial charge < -0.3 is 5.32 Å². The van der Waals surface area contributed by atoms with Crippen molar-refractivity contribution in [2.24, 2.45) is 17.8 Å². The number of hydrogen-bond acceptors (Lipinski definition) is 2. The molecule has 0 radical (unpaired) electrons. The molecule has 1 saturated carbocycles. The Morgan fingerprint density at radius 3 is 2.78 bits per heavy atom. The lowest BCUT2D eigenvalue weighted by Gasteiger charge is -2.17. The van der Waals surface area contributed by atoms with Gasteiger partial charge in [-0.15, -0.1) is 0 Å². The number of nitrogens with zero attached hydrogens (tertiary/aromatic N) is 2. The lowest BCUT2D eigenvalue weighted by molar-refractivity contribution is -0.125. The van der Waals surface area contributed by atoms with Crippen molar-refractivity contribution in [1.82, 2.24) is 15.1 Å². The summed E-state index contributed by atoms with van der Waals surface area (Å²) >= 11 is 0. The number of aromatic nitrogens is 2. The van der Waals surface area contributed by atoms with Crippen LogP contribution >= 0.6 is 0 Å². The van der Waals surface area contributed by atoms with Gasteiger partial charge in [-0.3, -0.25) is 9.48 Å². The first-order valence-corrected chi connectivity index (χ1v) is 8.29. The van der Waals surface area contributed by atoms with Gasteiger partial charge in [0.05, 0.1) is 12.7 Å². The van der Waals surface area contributed by atoms with Crippen LogP contribution in [0.25, 0.3) is 0 Å². The predicted molar refractivity (Wildman–Crippen MR) is 88.5 cm³/mol. The first-order chi connectivity index (χ1) is 11.3. The van der Waals surface area contributed by atoms with Crippen LogP contribution in [0.4, 0.5) is 0 Å². The molecule has 2 aromatic rings. The summed E-state index contributed by atoms with van der Waals surface area (Å²) in [5.74, 6) is 1.45. The topological polar surface area (TPSA) is 46.9 Å². The Labute approximate surface area is 136 Å². The maximum Gasteiger partial charge on any atom is 0.223 e. The molecule has 118 valence electrons. The van der Waals surface area contributed by atoms with Crippen LogP contribution in [0, 0.1) is 17.8 Å². The maximum atomic E-state index is 12.3. The number of fused-ring (bicyclic) bond motifs is 2. The Morgan fingerprint density at radius 2 is 2.04 bits per heavy atom. The molecular formula is C19H21N3O. The smallest absolute Gasteiger partial charge is 0.223 e. The van der Waals surface area contributed by atoms with Crippen LogP contribution in [-0.2, 0) is 17.9 Å². The minimum absolute atomic E-state index is 0.171. The van der Waals surface area contributed by atoms with E-state index in [0.717, 1.165) is 24.9 Å². The van der Waals surface area contributed by atoms with Crippen molar-refractivity contribution in [2.75, 3.05) is 0 Å². The Hall–Kier alpha value is -2.36. The van der Waals surface area contributed by atoms with E-state index in [9.17, 15) is 4.79 Å². The molecule has 1 aromatic heterocycles. The van der Waals surface area contributed by atoms with Crippen molar-refractivity contribution in [3.63, 3.8) is 0 Å². The highest BCUT2D eigenvalue weighted by molar-refractivity contribution is 5.79. The van der Waals surface area contributed by atoms with Crippen molar-refractivity contribution >= 4 is 5.91 Å². The van der Waals surface area contributed by atoms with Gasteiger partial charge in [0, 0.05) is 24.2 Å². The summed E-state index contributed by atoms with van der Waals surface area (Å²) in [5, 5.41) is 7.46. The Kier molecular flexibility index (Phi) is 3.74. The largest absolute Gasteiger partial charge is 0.352 e. The lowest BCUT2D eigenvalue weighted by atomic mass is 9.93. The van der Waals surface area contributed by atoms with Crippen LogP contribution in [0.15, 0.2) is 54.9 Å². The second-order valence-electron chi connectivity index (χ2n) is 6.64. The molecule has 3 atom stereocenters. The third-order valence-electron chi connectivity index (χ3n) is 4.96. The number of amides is 1. The van der Waals surface area contributed by atoms with E-state index in [2.05, 4.69) is 34.7 Å². The van der Waals surface area contributed by atoms with Crippen LogP contribution in [0.2, 0.25) is 0 Å². The molecule has 2 aliphatic carbocycles. The van der Waals surface area contributed by atoms with E-state index < -0.39 is 0 Å². The molecule has 4 rings (SSSR count). The van der Waals surface area contributed by atoms with Gasteiger partial charge in [0.25, 0.3) is 0 Å². The summed E-state index contributed by atoms with van der Waals surface area (Å²) in [6, 6.07) is 10.3. The Bertz CT molecular complexity index is 719. The molecule has 4 nitrogen and oxygen atoms in total. The third kappa shape index (κ3) is 3.07. The molecule has 1 heterocycles. The average molecular weight is 307 g/mol. The van der Waals surface area contributed by atoms with Crippen LogP contribution in [-0.4, -0.2) is 15.7 Å². The van der Waals surface area contributed by atoms with Crippen molar-refractivity contribution in [3.05, 3.63) is 66.0 Å². The van der Waals surface area contributed by atoms with E-state index in [4.69, 9.17) is 0 Å². The Balaban J connectivity index is 1.31. The minimum Gasteiger partial charge on any atom is -0.352 e. The van der Waals surface area contributed by atoms with E-state index in [1.165, 1.54) is 5.56 Å². The van der Waals surface area contributed by atoms with E-state index in [1.54, 1.807) is 0 Å². The van der Waals surface area contributed by atoms with Crippen molar-refractivity contribution in [3.8, 4) is 0 Å². The molecule has 1 fully saturated rings. The average Bonchev–Trinajstić information content (AvgIpc) is 3.30. The van der Waals surface area contributed by atoms with E-state index >= 15 is 0 Å². The summed E-state index contributed by atoms with van der Waals surface area (Å²) in [7, 11) is 0. The summed E-state index contributed by atoms with van der Waals surface area (Å²) in [4.78, 5) is 12.3. The van der Waals surface area contributed by atoms with Crippen molar-refractivity contribution < 1.29 is 4.79 Å². The van der Waals surface area contributed by atoms with Gasteiger partial charge >= 0.3 is 0 Å².